The Morgan fingerprint density at radius 1 is 1.32 bits per heavy atom. The summed E-state index contributed by atoms with van der Waals surface area (Å²) in [4.78, 5) is 12.1. The summed E-state index contributed by atoms with van der Waals surface area (Å²) in [5.74, 6) is 1.48. The minimum Gasteiger partial charge on any atom is -0.493 e. The van der Waals surface area contributed by atoms with Crippen molar-refractivity contribution < 1.29 is 9.53 Å². The lowest BCUT2D eigenvalue weighted by molar-refractivity contribution is -0.122. The minimum atomic E-state index is 0.0998. The van der Waals surface area contributed by atoms with Crippen molar-refractivity contribution in [3.63, 3.8) is 0 Å². The Labute approximate surface area is 113 Å². The largest absolute Gasteiger partial charge is 0.493 e. The number of nitrogens with one attached hydrogen (secondary N) is 1. The number of para-hydroxylation sites is 1. The molecule has 0 saturated heterocycles. The molecule has 0 radical (unpaired) electrons. The summed E-state index contributed by atoms with van der Waals surface area (Å²) in [6.45, 7) is 0.672. The summed E-state index contributed by atoms with van der Waals surface area (Å²) in [7, 11) is 0. The molecule has 0 bridgehead atoms. The molecule has 1 N–H and O–H groups in total. The number of carbonyl (C=O) groups is 1. The quantitative estimate of drug-likeness (QED) is 0.845. The van der Waals surface area contributed by atoms with Crippen LogP contribution in [0, 0.1) is 5.92 Å². The van der Waals surface area contributed by atoms with Crippen molar-refractivity contribution >= 4 is 5.91 Å². The fourth-order valence-electron chi connectivity index (χ4n) is 2.85. The Morgan fingerprint density at radius 3 is 3.05 bits per heavy atom. The topological polar surface area (TPSA) is 38.3 Å². The molecule has 1 aliphatic carbocycles. The minimum absolute atomic E-state index is 0.0998. The molecular weight excluding hydrogens is 238 g/mol. The first kappa shape index (κ1) is 12.3. The normalized spacial score (nSPS) is 24.6. The van der Waals surface area contributed by atoms with Crippen LogP contribution in [0.5, 0.6) is 5.75 Å². The monoisotopic (exact) mass is 257 g/mol. The fourth-order valence-corrected chi connectivity index (χ4v) is 2.85. The highest BCUT2D eigenvalue weighted by molar-refractivity contribution is 5.77. The number of hydrogen-bond acceptors (Lipinski definition) is 2. The van der Waals surface area contributed by atoms with Gasteiger partial charge >= 0.3 is 0 Å². The Bertz CT molecular complexity index is 495. The first-order valence-corrected chi connectivity index (χ1v) is 7.00. The molecule has 3 rings (SSSR count). The third-order valence-electron chi connectivity index (χ3n) is 3.85. The zero-order valence-electron chi connectivity index (χ0n) is 11.0. The number of ether oxygens (including phenoxy) is 1. The molecular formula is C16H19NO2. The fraction of sp³-hybridized carbons (Fsp3) is 0.438. The van der Waals surface area contributed by atoms with Gasteiger partial charge in [-0.2, -0.15) is 0 Å². The average molecular weight is 257 g/mol. The molecule has 0 spiro atoms. The van der Waals surface area contributed by atoms with Gasteiger partial charge in [0.15, 0.2) is 0 Å². The number of carbonyl (C=O) groups excluding carboxylic acids is 1. The number of allylic oxidation sites excluding steroid dienone is 2. The van der Waals surface area contributed by atoms with Gasteiger partial charge in [0, 0.05) is 18.4 Å². The van der Waals surface area contributed by atoms with Gasteiger partial charge in [-0.05, 0) is 24.8 Å². The van der Waals surface area contributed by atoms with E-state index in [-0.39, 0.29) is 11.9 Å². The smallest absolute Gasteiger partial charge is 0.221 e. The van der Waals surface area contributed by atoms with Gasteiger partial charge in [-0.25, -0.2) is 0 Å². The van der Waals surface area contributed by atoms with E-state index in [0.29, 0.717) is 18.9 Å². The van der Waals surface area contributed by atoms with Crippen molar-refractivity contribution in [3.8, 4) is 5.75 Å². The standard InChI is InChI=1S/C16H19NO2/c18-16(11-12-5-1-2-6-12)17-14-9-10-19-15-8-4-3-7-13(14)15/h1,3-5,7-8,12,14H,2,6,9-11H2,(H,17,18)/t12-,14+/m1/s1. The molecule has 100 valence electrons. The second-order valence-corrected chi connectivity index (χ2v) is 5.26. The van der Waals surface area contributed by atoms with Crippen LogP contribution in [-0.4, -0.2) is 12.5 Å². The van der Waals surface area contributed by atoms with Crippen molar-refractivity contribution in [2.24, 2.45) is 5.92 Å². The summed E-state index contributed by atoms with van der Waals surface area (Å²) in [6.07, 6.45) is 8.01. The van der Waals surface area contributed by atoms with Crippen LogP contribution in [0.4, 0.5) is 0 Å². The van der Waals surface area contributed by atoms with Crippen LogP contribution in [0.2, 0.25) is 0 Å². The number of amides is 1. The van der Waals surface area contributed by atoms with Crippen molar-refractivity contribution in [2.75, 3.05) is 6.61 Å². The average Bonchev–Trinajstić information content (AvgIpc) is 2.92. The third-order valence-corrected chi connectivity index (χ3v) is 3.85. The van der Waals surface area contributed by atoms with Crippen LogP contribution in [0.1, 0.15) is 37.3 Å². The maximum Gasteiger partial charge on any atom is 0.221 e. The van der Waals surface area contributed by atoms with Crippen LogP contribution >= 0.6 is 0 Å². The molecule has 19 heavy (non-hydrogen) atoms. The van der Waals surface area contributed by atoms with E-state index in [2.05, 4.69) is 17.5 Å². The van der Waals surface area contributed by atoms with E-state index in [4.69, 9.17) is 4.74 Å². The molecule has 0 fully saturated rings. The predicted octanol–water partition coefficient (Wildman–Crippen LogP) is 2.98. The van der Waals surface area contributed by atoms with Crippen LogP contribution in [-0.2, 0) is 4.79 Å². The maximum absolute atomic E-state index is 12.1. The molecule has 0 aromatic heterocycles. The van der Waals surface area contributed by atoms with Crippen LogP contribution in [0.15, 0.2) is 36.4 Å². The molecule has 1 aromatic carbocycles. The summed E-state index contributed by atoms with van der Waals surface area (Å²) in [5.41, 5.74) is 1.10. The van der Waals surface area contributed by atoms with Crippen molar-refractivity contribution in [1.29, 1.82) is 0 Å². The molecule has 1 heterocycles. The van der Waals surface area contributed by atoms with Crippen molar-refractivity contribution in [3.05, 3.63) is 42.0 Å². The van der Waals surface area contributed by atoms with Gasteiger partial charge in [-0.1, -0.05) is 30.4 Å². The number of benzene rings is 1. The number of rotatable bonds is 3. The van der Waals surface area contributed by atoms with Crippen molar-refractivity contribution in [1.82, 2.24) is 5.32 Å². The van der Waals surface area contributed by atoms with Crippen LogP contribution in [0.3, 0.4) is 0 Å². The van der Waals surface area contributed by atoms with E-state index in [1.807, 2.05) is 24.3 Å². The second-order valence-electron chi connectivity index (χ2n) is 5.26. The molecule has 1 aromatic rings. The van der Waals surface area contributed by atoms with Gasteiger partial charge < -0.3 is 10.1 Å². The van der Waals surface area contributed by atoms with Gasteiger partial charge in [-0.15, -0.1) is 0 Å². The third kappa shape index (κ3) is 2.80. The summed E-state index contributed by atoms with van der Waals surface area (Å²) < 4.78 is 5.61. The maximum atomic E-state index is 12.1. The van der Waals surface area contributed by atoms with Gasteiger partial charge in [0.1, 0.15) is 5.75 Å². The van der Waals surface area contributed by atoms with Crippen molar-refractivity contribution in [2.45, 2.75) is 31.7 Å². The van der Waals surface area contributed by atoms with E-state index >= 15 is 0 Å². The number of fused-ring (bicyclic) bond motifs is 1. The first-order chi connectivity index (χ1) is 9.33. The van der Waals surface area contributed by atoms with E-state index in [0.717, 1.165) is 30.6 Å². The summed E-state index contributed by atoms with van der Waals surface area (Å²) >= 11 is 0. The Balaban J connectivity index is 1.64. The predicted molar refractivity (Wildman–Crippen MR) is 73.9 cm³/mol. The summed E-state index contributed by atoms with van der Waals surface area (Å²) in [6, 6.07) is 8.06. The highest BCUT2D eigenvalue weighted by Gasteiger charge is 2.23. The zero-order valence-corrected chi connectivity index (χ0v) is 11.0. The zero-order chi connectivity index (χ0) is 13.1. The molecule has 2 aliphatic rings. The molecule has 1 aliphatic heterocycles. The SMILES string of the molecule is O=C(C[C@@H]1C=CCC1)N[C@H]1CCOc2ccccc21. The molecule has 1 amide bonds. The van der Waals surface area contributed by atoms with Crippen LogP contribution in [0.25, 0.3) is 0 Å². The second kappa shape index (κ2) is 5.47. The van der Waals surface area contributed by atoms with Gasteiger partial charge in [0.25, 0.3) is 0 Å². The first-order valence-electron chi connectivity index (χ1n) is 7.00. The lowest BCUT2D eigenvalue weighted by atomic mass is 9.99. The molecule has 3 heteroatoms. The lowest BCUT2D eigenvalue weighted by Gasteiger charge is -2.27. The van der Waals surface area contributed by atoms with E-state index in [9.17, 15) is 4.79 Å². The Kier molecular flexibility index (Phi) is 3.53. The Hall–Kier alpha value is -1.77. The number of hydrogen-bond donors (Lipinski definition) is 1. The van der Waals surface area contributed by atoms with Crippen LogP contribution < -0.4 is 10.1 Å². The highest BCUT2D eigenvalue weighted by Crippen LogP contribution is 2.31. The van der Waals surface area contributed by atoms with Gasteiger partial charge in [-0.3, -0.25) is 4.79 Å². The highest BCUT2D eigenvalue weighted by atomic mass is 16.5. The lowest BCUT2D eigenvalue weighted by Crippen LogP contribution is -2.32. The van der Waals surface area contributed by atoms with E-state index in [1.165, 1.54) is 0 Å². The molecule has 0 unspecified atom stereocenters. The molecule has 2 atom stereocenters. The summed E-state index contributed by atoms with van der Waals surface area (Å²) in [5, 5.41) is 3.15. The van der Waals surface area contributed by atoms with E-state index < -0.39 is 0 Å². The van der Waals surface area contributed by atoms with Gasteiger partial charge in [0.2, 0.25) is 5.91 Å². The Morgan fingerprint density at radius 2 is 2.21 bits per heavy atom. The van der Waals surface area contributed by atoms with E-state index in [1.54, 1.807) is 0 Å². The molecule has 3 nitrogen and oxygen atoms in total. The molecule has 0 saturated carbocycles. The van der Waals surface area contributed by atoms with Gasteiger partial charge in [0.05, 0.1) is 12.6 Å².